The number of sulfonamides is 1. The van der Waals surface area contributed by atoms with E-state index in [9.17, 15) is 27.2 Å². The summed E-state index contributed by atoms with van der Waals surface area (Å²) in [7, 11) is -0.915. The molecule has 3 rings (SSSR count). The molecule has 0 saturated carbocycles. The Morgan fingerprint density at radius 3 is 2.62 bits per heavy atom. The van der Waals surface area contributed by atoms with E-state index >= 15 is 0 Å². The van der Waals surface area contributed by atoms with Crippen LogP contribution in [0, 0.1) is 5.82 Å². The maximum atomic E-state index is 13.5. The first-order valence-corrected chi connectivity index (χ1v) is 11.1. The van der Waals surface area contributed by atoms with Gasteiger partial charge in [0.25, 0.3) is 5.91 Å². The van der Waals surface area contributed by atoms with Crippen LogP contribution in [0.15, 0.2) is 47.4 Å². The van der Waals surface area contributed by atoms with Crippen LogP contribution in [0.5, 0.6) is 0 Å². The lowest BCUT2D eigenvalue weighted by Gasteiger charge is -2.25. The third-order valence-corrected chi connectivity index (χ3v) is 6.69. The highest BCUT2D eigenvalue weighted by atomic mass is 32.2. The quantitative estimate of drug-likeness (QED) is 0.633. The molecule has 2 amide bonds. The highest BCUT2D eigenvalue weighted by Crippen LogP contribution is 2.33. The third-order valence-electron chi connectivity index (χ3n) is 4.88. The van der Waals surface area contributed by atoms with Crippen LogP contribution in [-0.2, 0) is 29.1 Å². The molecule has 0 bridgehead atoms. The number of hydrogen-bond acceptors (Lipinski definition) is 6. The molecule has 1 aliphatic rings. The number of carbonyl (C=O) groups excluding carboxylic acids is 3. The lowest BCUT2D eigenvalue weighted by molar-refractivity contribution is -0.155. The molecule has 2 unspecified atom stereocenters. The first-order chi connectivity index (χ1) is 15.0. The van der Waals surface area contributed by atoms with E-state index in [4.69, 9.17) is 4.74 Å². The van der Waals surface area contributed by atoms with Crippen molar-refractivity contribution < 1.29 is 31.9 Å². The Morgan fingerprint density at radius 1 is 1.22 bits per heavy atom. The normalized spacial score (nSPS) is 16.7. The summed E-state index contributed by atoms with van der Waals surface area (Å²) in [6, 6.07) is 9.31. The van der Waals surface area contributed by atoms with Crippen molar-refractivity contribution in [2.45, 2.75) is 30.3 Å². The summed E-state index contributed by atoms with van der Waals surface area (Å²) in [5, 5.41) is 5.01. The minimum Gasteiger partial charge on any atom is -0.452 e. The fraction of sp³-hybridized carbons (Fsp3) is 0.286. The number of hydrogen-bond donors (Lipinski definition) is 2. The number of rotatable bonds is 6. The third kappa shape index (κ3) is 4.94. The highest BCUT2D eigenvalue weighted by molar-refractivity contribution is 7.89. The average molecular weight is 463 g/mol. The molecule has 2 N–H and O–H groups in total. The number of esters is 1. The van der Waals surface area contributed by atoms with E-state index in [-0.39, 0.29) is 22.7 Å². The SMILES string of the molecule is CC(OC(=O)C1CC(=O)Nc2cc(F)ccc21)C(=O)Nc1cccc(S(=O)(=O)N(C)C)c1. The van der Waals surface area contributed by atoms with E-state index in [1.807, 2.05) is 0 Å². The summed E-state index contributed by atoms with van der Waals surface area (Å²) in [6.07, 6.45) is -1.43. The molecule has 2 aromatic rings. The molecule has 11 heteroatoms. The predicted octanol–water partition coefficient (Wildman–Crippen LogP) is 2.07. The standard InChI is InChI=1S/C21H22FN3O6S/c1-12(20(27)23-14-5-4-6-15(10-14)32(29,30)25(2)3)31-21(28)17-11-19(26)24-18-9-13(22)7-8-16(17)18/h4-10,12,17H,11H2,1-3H3,(H,23,27)(H,24,26). The molecule has 32 heavy (non-hydrogen) atoms. The van der Waals surface area contributed by atoms with E-state index in [1.54, 1.807) is 0 Å². The van der Waals surface area contributed by atoms with Gasteiger partial charge in [-0.3, -0.25) is 14.4 Å². The molecule has 2 atom stereocenters. The van der Waals surface area contributed by atoms with Crippen LogP contribution in [0.3, 0.4) is 0 Å². The number of benzene rings is 2. The molecule has 0 fully saturated rings. The summed E-state index contributed by atoms with van der Waals surface area (Å²) in [4.78, 5) is 37.0. The number of anilines is 2. The molecule has 9 nitrogen and oxygen atoms in total. The Bertz CT molecular complexity index is 1180. The van der Waals surface area contributed by atoms with Gasteiger partial charge in [-0.2, -0.15) is 0 Å². The molecule has 1 heterocycles. The molecule has 0 radical (unpaired) electrons. The van der Waals surface area contributed by atoms with Crippen LogP contribution in [0.4, 0.5) is 15.8 Å². The highest BCUT2D eigenvalue weighted by Gasteiger charge is 2.34. The lowest BCUT2D eigenvalue weighted by Crippen LogP contribution is -2.34. The zero-order valence-electron chi connectivity index (χ0n) is 17.6. The van der Waals surface area contributed by atoms with Crippen LogP contribution in [-0.4, -0.2) is 50.7 Å². The van der Waals surface area contributed by atoms with E-state index in [2.05, 4.69) is 10.6 Å². The molecule has 0 aromatic heterocycles. The van der Waals surface area contributed by atoms with Crippen molar-refractivity contribution in [1.29, 1.82) is 0 Å². The van der Waals surface area contributed by atoms with Crippen molar-refractivity contribution in [2.24, 2.45) is 0 Å². The summed E-state index contributed by atoms with van der Waals surface area (Å²) in [6.45, 7) is 1.35. The van der Waals surface area contributed by atoms with Crippen LogP contribution in [0.25, 0.3) is 0 Å². The molecular formula is C21H22FN3O6S. The molecule has 0 aliphatic carbocycles. The first-order valence-electron chi connectivity index (χ1n) is 9.62. The second-order valence-electron chi connectivity index (χ2n) is 7.42. The van der Waals surface area contributed by atoms with Crippen molar-refractivity contribution in [1.82, 2.24) is 4.31 Å². The van der Waals surface area contributed by atoms with Gasteiger partial charge in [-0.25, -0.2) is 17.1 Å². The Kier molecular flexibility index (Phi) is 6.60. The number of halogens is 1. The number of carbonyl (C=O) groups is 3. The molecule has 2 aromatic carbocycles. The average Bonchev–Trinajstić information content (AvgIpc) is 2.72. The van der Waals surface area contributed by atoms with Gasteiger partial charge in [0.05, 0.1) is 10.8 Å². The largest absolute Gasteiger partial charge is 0.452 e. The molecule has 0 saturated heterocycles. The summed E-state index contributed by atoms with van der Waals surface area (Å²) < 4.78 is 44.3. The Hall–Kier alpha value is -3.31. The Balaban J connectivity index is 1.71. The first kappa shape index (κ1) is 23.4. The Morgan fingerprint density at radius 2 is 1.94 bits per heavy atom. The van der Waals surface area contributed by atoms with Gasteiger partial charge in [0.15, 0.2) is 6.10 Å². The monoisotopic (exact) mass is 463 g/mol. The molecule has 170 valence electrons. The van der Waals surface area contributed by atoms with Gasteiger partial charge >= 0.3 is 5.97 Å². The van der Waals surface area contributed by atoms with Gasteiger partial charge < -0.3 is 15.4 Å². The second kappa shape index (κ2) is 9.05. The van der Waals surface area contributed by atoms with Crippen molar-refractivity contribution in [3.63, 3.8) is 0 Å². The predicted molar refractivity (Wildman–Crippen MR) is 114 cm³/mol. The van der Waals surface area contributed by atoms with Crippen molar-refractivity contribution in [2.75, 3.05) is 24.7 Å². The number of nitrogens with zero attached hydrogens (tertiary/aromatic N) is 1. The van der Waals surface area contributed by atoms with Crippen LogP contribution >= 0.6 is 0 Å². The maximum Gasteiger partial charge on any atom is 0.314 e. The molecule has 0 spiro atoms. The second-order valence-corrected chi connectivity index (χ2v) is 9.57. The minimum atomic E-state index is -3.69. The number of fused-ring (bicyclic) bond motifs is 1. The van der Waals surface area contributed by atoms with Crippen LogP contribution < -0.4 is 10.6 Å². The number of amides is 2. The fourth-order valence-corrected chi connectivity index (χ4v) is 4.09. The zero-order chi connectivity index (χ0) is 23.6. The smallest absolute Gasteiger partial charge is 0.314 e. The number of nitrogens with one attached hydrogen (secondary N) is 2. The van der Waals surface area contributed by atoms with Crippen LogP contribution in [0.2, 0.25) is 0 Å². The molecular weight excluding hydrogens is 441 g/mol. The van der Waals surface area contributed by atoms with Crippen molar-refractivity contribution >= 4 is 39.2 Å². The van der Waals surface area contributed by atoms with Gasteiger partial charge in [-0.05, 0) is 42.8 Å². The Labute approximate surface area is 184 Å². The van der Waals surface area contributed by atoms with Gasteiger partial charge in [0.2, 0.25) is 15.9 Å². The van der Waals surface area contributed by atoms with E-state index in [0.717, 1.165) is 10.4 Å². The van der Waals surface area contributed by atoms with Crippen LogP contribution in [0.1, 0.15) is 24.8 Å². The maximum absolute atomic E-state index is 13.5. The summed E-state index contributed by atoms with van der Waals surface area (Å²) >= 11 is 0. The van der Waals surface area contributed by atoms with E-state index in [0.29, 0.717) is 5.56 Å². The summed E-state index contributed by atoms with van der Waals surface area (Å²) in [5.41, 5.74) is 0.781. The van der Waals surface area contributed by atoms with E-state index in [1.165, 1.54) is 57.4 Å². The van der Waals surface area contributed by atoms with Gasteiger partial charge in [-0.15, -0.1) is 0 Å². The van der Waals surface area contributed by atoms with Gasteiger partial charge in [-0.1, -0.05) is 12.1 Å². The lowest BCUT2D eigenvalue weighted by atomic mass is 9.90. The van der Waals surface area contributed by atoms with Gasteiger partial charge in [0.1, 0.15) is 5.82 Å². The topological polar surface area (TPSA) is 122 Å². The summed E-state index contributed by atoms with van der Waals surface area (Å²) in [5.74, 6) is -3.51. The fourth-order valence-electron chi connectivity index (χ4n) is 3.15. The van der Waals surface area contributed by atoms with E-state index < -0.39 is 45.6 Å². The van der Waals surface area contributed by atoms with Gasteiger partial charge in [0, 0.05) is 31.9 Å². The van der Waals surface area contributed by atoms with Crippen molar-refractivity contribution in [3.8, 4) is 0 Å². The number of ether oxygens (including phenoxy) is 1. The minimum absolute atomic E-state index is 0.0120. The zero-order valence-corrected chi connectivity index (χ0v) is 18.4. The van der Waals surface area contributed by atoms with Crippen molar-refractivity contribution in [3.05, 3.63) is 53.8 Å². The molecule has 1 aliphatic heterocycles.